The normalized spacial score (nSPS) is 18.4. The van der Waals surface area contributed by atoms with E-state index < -0.39 is 0 Å². The second kappa shape index (κ2) is 8.55. The second-order valence-electron chi connectivity index (χ2n) is 8.46. The van der Waals surface area contributed by atoms with Crippen LogP contribution in [0.25, 0.3) is 16.9 Å². The molecule has 0 aliphatic carbocycles. The lowest BCUT2D eigenvalue weighted by Crippen LogP contribution is -2.45. The maximum atomic E-state index is 7.45. The van der Waals surface area contributed by atoms with Gasteiger partial charge in [0, 0.05) is 66.1 Å². The van der Waals surface area contributed by atoms with Gasteiger partial charge in [-0.2, -0.15) is 0 Å². The van der Waals surface area contributed by atoms with Gasteiger partial charge in [0.05, 0.1) is 17.9 Å². The van der Waals surface area contributed by atoms with Crippen LogP contribution in [0, 0.1) is 5.41 Å². The average molecular weight is 442 g/mol. The number of nitrogen functional groups attached to an aromatic ring is 1. The van der Waals surface area contributed by atoms with Gasteiger partial charge in [0.15, 0.2) is 11.5 Å². The largest absolute Gasteiger partial charge is 0.398 e. The summed E-state index contributed by atoms with van der Waals surface area (Å²) in [5, 5.41) is 10.9. The van der Waals surface area contributed by atoms with Gasteiger partial charge >= 0.3 is 0 Å². The molecule has 0 saturated carbocycles. The first kappa shape index (κ1) is 21.0. The molecule has 3 heterocycles. The first-order valence-electron chi connectivity index (χ1n) is 11.0. The van der Waals surface area contributed by atoms with Crippen molar-refractivity contribution in [2.75, 3.05) is 29.0 Å². The molecular formula is C25H27N7O. The fourth-order valence-electron chi connectivity index (χ4n) is 4.30. The van der Waals surface area contributed by atoms with Crippen molar-refractivity contribution in [2.24, 2.45) is 0 Å². The smallest absolute Gasteiger partial charge is 0.180 e. The Morgan fingerprint density at radius 1 is 1.12 bits per heavy atom. The maximum absolute atomic E-state index is 7.45. The van der Waals surface area contributed by atoms with Crippen LogP contribution in [0.2, 0.25) is 0 Å². The summed E-state index contributed by atoms with van der Waals surface area (Å²) in [5.41, 5.74) is 11.8. The predicted octanol–water partition coefficient (Wildman–Crippen LogP) is 4.33. The van der Waals surface area contributed by atoms with Crippen molar-refractivity contribution in [2.45, 2.75) is 26.1 Å². The molecule has 168 valence electrons. The number of ether oxygens (including phenoxy) is 1. The van der Waals surface area contributed by atoms with Gasteiger partial charge in [-0.05, 0) is 44.2 Å². The van der Waals surface area contributed by atoms with E-state index in [1.54, 1.807) is 6.20 Å². The molecule has 0 bridgehead atoms. The van der Waals surface area contributed by atoms with Crippen LogP contribution < -0.4 is 16.0 Å². The van der Waals surface area contributed by atoms with Crippen LogP contribution in [0.4, 0.5) is 22.9 Å². The molecule has 1 aliphatic heterocycles. The van der Waals surface area contributed by atoms with Crippen LogP contribution in [0.1, 0.15) is 19.4 Å². The number of nitrogens with two attached hydrogens (primary N) is 1. The number of rotatable bonds is 5. The van der Waals surface area contributed by atoms with E-state index in [0.29, 0.717) is 17.1 Å². The number of hydrogen-bond donors (Lipinski definition) is 3. The van der Waals surface area contributed by atoms with E-state index in [0.717, 1.165) is 35.7 Å². The third kappa shape index (κ3) is 4.25. The molecule has 2 atom stereocenters. The van der Waals surface area contributed by atoms with E-state index in [9.17, 15) is 0 Å². The van der Waals surface area contributed by atoms with E-state index in [2.05, 4.69) is 53.3 Å². The van der Waals surface area contributed by atoms with Crippen molar-refractivity contribution in [3.05, 3.63) is 66.6 Å². The molecule has 1 aliphatic rings. The van der Waals surface area contributed by atoms with Gasteiger partial charge in [-0.3, -0.25) is 0 Å². The molecule has 8 nitrogen and oxygen atoms in total. The summed E-state index contributed by atoms with van der Waals surface area (Å²) in [6.45, 7) is 5.99. The summed E-state index contributed by atoms with van der Waals surface area (Å²) in [6.07, 6.45) is 7.26. The van der Waals surface area contributed by atoms with Crippen LogP contribution in [0.15, 0.2) is 61.1 Å². The van der Waals surface area contributed by atoms with Gasteiger partial charge in [-0.1, -0.05) is 12.1 Å². The molecule has 0 radical (unpaired) electrons. The summed E-state index contributed by atoms with van der Waals surface area (Å²) >= 11 is 0. The Kier molecular flexibility index (Phi) is 5.43. The van der Waals surface area contributed by atoms with E-state index in [1.165, 1.54) is 11.9 Å². The summed E-state index contributed by atoms with van der Waals surface area (Å²) in [4.78, 5) is 11.7. The lowest BCUT2D eigenvalue weighted by molar-refractivity contribution is -0.00521. The quantitative estimate of drug-likeness (QED) is 0.314. The minimum absolute atomic E-state index is 0.217. The van der Waals surface area contributed by atoms with Gasteiger partial charge in [-0.15, -0.1) is 0 Å². The van der Waals surface area contributed by atoms with E-state index in [-0.39, 0.29) is 12.2 Å². The van der Waals surface area contributed by atoms with Gasteiger partial charge in [0.25, 0.3) is 0 Å². The van der Waals surface area contributed by atoms with Crippen LogP contribution in [0.5, 0.6) is 0 Å². The Balaban J connectivity index is 1.43. The van der Waals surface area contributed by atoms with Crippen molar-refractivity contribution in [3.8, 4) is 11.3 Å². The lowest BCUT2D eigenvalue weighted by Gasteiger charge is -2.36. The minimum Gasteiger partial charge on any atom is -0.398 e. The standard InChI is InChI=1S/C25H27N7O/c1-16-13-32(14-17(2)33-16)21-7-5-20(6-8-21)29-24-25-28-9-10-31(25)15-23(30-24)18-3-4-19(12-26)22(27)11-18/h3-12,15-17,26H,13-14,27H2,1-2H3,(H,29,30)/t16-,17+. The summed E-state index contributed by atoms with van der Waals surface area (Å²) < 4.78 is 7.79. The topological polar surface area (TPSA) is 105 Å². The molecule has 1 fully saturated rings. The van der Waals surface area contributed by atoms with Gasteiger partial charge in [0.2, 0.25) is 0 Å². The number of fused-ring (bicyclic) bond motifs is 1. The Hall–Kier alpha value is -3.91. The molecule has 5 rings (SSSR count). The highest BCUT2D eigenvalue weighted by atomic mass is 16.5. The van der Waals surface area contributed by atoms with Gasteiger partial charge in [0.1, 0.15) is 0 Å². The summed E-state index contributed by atoms with van der Waals surface area (Å²) in [6, 6.07) is 14.0. The number of anilines is 4. The maximum Gasteiger partial charge on any atom is 0.180 e. The van der Waals surface area contributed by atoms with Crippen LogP contribution >= 0.6 is 0 Å². The van der Waals surface area contributed by atoms with E-state index in [4.69, 9.17) is 20.9 Å². The van der Waals surface area contributed by atoms with Crippen LogP contribution in [-0.2, 0) is 4.74 Å². The molecule has 1 saturated heterocycles. The zero-order valence-corrected chi connectivity index (χ0v) is 18.7. The number of nitrogens with zero attached hydrogens (tertiary/aromatic N) is 4. The molecule has 4 aromatic rings. The molecule has 2 aromatic carbocycles. The van der Waals surface area contributed by atoms with Crippen LogP contribution in [0.3, 0.4) is 0 Å². The zero-order valence-electron chi connectivity index (χ0n) is 18.7. The SMILES string of the molecule is C[C@@H]1CN(c2ccc(Nc3nc(-c4ccc(C=N)c(N)c4)cn4ccnc34)cc2)C[C@H](C)O1. The molecule has 33 heavy (non-hydrogen) atoms. The highest BCUT2D eigenvalue weighted by Gasteiger charge is 2.22. The predicted molar refractivity (Wildman–Crippen MR) is 133 cm³/mol. The molecule has 0 spiro atoms. The monoisotopic (exact) mass is 441 g/mol. The number of aromatic nitrogens is 3. The molecule has 0 unspecified atom stereocenters. The van der Waals surface area contributed by atoms with Gasteiger partial charge in [-0.25, -0.2) is 9.97 Å². The zero-order chi connectivity index (χ0) is 22.9. The van der Waals surface area contributed by atoms with Crippen molar-refractivity contribution < 1.29 is 4.74 Å². The number of benzene rings is 2. The van der Waals surface area contributed by atoms with Crippen molar-refractivity contribution >= 4 is 34.7 Å². The lowest BCUT2D eigenvalue weighted by atomic mass is 10.1. The first-order valence-corrected chi connectivity index (χ1v) is 11.0. The average Bonchev–Trinajstić information content (AvgIpc) is 3.28. The first-order chi connectivity index (χ1) is 16.0. The molecule has 4 N–H and O–H groups in total. The van der Waals surface area contributed by atoms with Crippen molar-refractivity contribution in [1.29, 1.82) is 5.41 Å². The highest BCUT2D eigenvalue weighted by molar-refractivity contribution is 5.87. The fourth-order valence-corrected chi connectivity index (χ4v) is 4.30. The summed E-state index contributed by atoms with van der Waals surface area (Å²) in [5.74, 6) is 0.661. The third-order valence-electron chi connectivity index (χ3n) is 5.83. The number of morpholine rings is 1. The third-order valence-corrected chi connectivity index (χ3v) is 5.83. The van der Waals surface area contributed by atoms with E-state index in [1.807, 2.05) is 35.0 Å². The molecule has 2 aromatic heterocycles. The molecule has 8 heteroatoms. The second-order valence-corrected chi connectivity index (χ2v) is 8.46. The minimum atomic E-state index is 0.217. The molecule has 0 amide bonds. The number of hydrogen-bond acceptors (Lipinski definition) is 7. The van der Waals surface area contributed by atoms with Crippen LogP contribution in [-0.4, -0.2) is 45.9 Å². The van der Waals surface area contributed by atoms with E-state index >= 15 is 0 Å². The summed E-state index contributed by atoms with van der Waals surface area (Å²) in [7, 11) is 0. The van der Waals surface area contributed by atoms with Crippen molar-refractivity contribution in [3.63, 3.8) is 0 Å². The van der Waals surface area contributed by atoms with Crippen molar-refractivity contribution in [1.82, 2.24) is 14.4 Å². The molecular weight excluding hydrogens is 414 g/mol. The number of imidazole rings is 1. The Morgan fingerprint density at radius 3 is 2.58 bits per heavy atom. The number of nitrogens with one attached hydrogen (secondary N) is 2. The Labute approximate surface area is 192 Å². The van der Waals surface area contributed by atoms with Gasteiger partial charge < -0.3 is 30.5 Å². The highest BCUT2D eigenvalue weighted by Crippen LogP contribution is 2.28. The Morgan fingerprint density at radius 2 is 1.88 bits per heavy atom. The Bertz CT molecular complexity index is 1290. The fraction of sp³-hybridized carbons (Fsp3) is 0.240.